The van der Waals surface area contributed by atoms with E-state index in [1.54, 1.807) is 6.26 Å². The van der Waals surface area contributed by atoms with Crippen LogP contribution in [0, 0.1) is 6.92 Å². The van der Waals surface area contributed by atoms with Gasteiger partial charge in [-0.1, -0.05) is 41.6 Å². The molecule has 1 N–H and O–H groups in total. The number of nitrogens with zero attached hydrogens (tertiary/aromatic N) is 4. The molecule has 4 rings (SSSR count). The number of aromatic amines is 1. The molecule has 8 heteroatoms. The number of benzene rings is 1. The van der Waals surface area contributed by atoms with E-state index in [1.165, 1.54) is 28.7 Å². The van der Waals surface area contributed by atoms with Gasteiger partial charge in [-0.2, -0.15) is 10.2 Å². The third-order valence-corrected chi connectivity index (χ3v) is 5.01. The molecule has 0 saturated heterocycles. The zero-order valence-corrected chi connectivity index (χ0v) is 14.9. The third-order valence-electron chi connectivity index (χ3n) is 4.15. The van der Waals surface area contributed by atoms with Crippen molar-refractivity contribution in [3.05, 3.63) is 65.9 Å². The summed E-state index contributed by atoms with van der Waals surface area (Å²) in [6.45, 7) is 2.04. The van der Waals surface area contributed by atoms with Crippen molar-refractivity contribution in [1.29, 1.82) is 0 Å². The minimum Gasteiger partial charge on any atom is -0.467 e. The van der Waals surface area contributed by atoms with E-state index in [-0.39, 0.29) is 17.7 Å². The van der Waals surface area contributed by atoms with Crippen molar-refractivity contribution in [3.8, 4) is 0 Å². The molecular formula is C18H17N5O2S. The molecule has 0 aliphatic carbocycles. The van der Waals surface area contributed by atoms with Crippen LogP contribution in [-0.4, -0.2) is 37.6 Å². The van der Waals surface area contributed by atoms with Crippen LogP contribution in [0.25, 0.3) is 0 Å². The predicted octanol–water partition coefficient (Wildman–Crippen LogP) is 3.18. The van der Waals surface area contributed by atoms with Gasteiger partial charge in [0.05, 0.1) is 17.7 Å². The van der Waals surface area contributed by atoms with Crippen LogP contribution in [0.2, 0.25) is 0 Å². The Morgan fingerprint density at radius 1 is 1.35 bits per heavy atom. The minimum absolute atomic E-state index is 0.102. The van der Waals surface area contributed by atoms with Gasteiger partial charge in [0.15, 0.2) is 5.16 Å². The molecule has 1 amide bonds. The second-order valence-electron chi connectivity index (χ2n) is 5.97. The van der Waals surface area contributed by atoms with Gasteiger partial charge in [-0.15, -0.1) is 0 Å². The van der Waals surface area contributed by atoms with E-state index < -0.39 is 0 Å². The van der Waals surface area contributed by atoms with Gasteiger partial charge >= 0.3 is 0 Å². The average molecular weight is 367 g/mol. The first-order chi connectivity index (χ1) is 12.7. The van der Waals surface area contributed by atoms with Crippen molar-refractivity contribution in [2.24, 2.45) is 5.10 Å². The van der Waals surface area contributed by atoms with E-state index in [2.05, 4.69) is 20.3 Å². The lowest BCUT2D eigenvalue weighted by atomic mass is 10.0. The Kier molecular flexibility index (Phi) is 4.57. The van der Waals surface area contributed by atoms with Gasteiger partial charge in [-0.05, 0) is 24.6 Å². The maximum atomic E-state index is 12.8. The molecule has 0 spiro atoms. The highest BCUT2D eigenvalue weighted by molar-refractivity contribution is 7.99. The Morgan fingerprint density at radius 3 is 2.88 bits per heavy atom. The molecule has 3 aromatic rings. The first-order valence-electron chi connectivity index (χ1n) is 8.19. The van der Waals surface area contributed by atoms with Crippen molar-refractivity contribution in [3.63, 3.8) is 0 Å². The van der Waals surface area contributed by atoms with Gasteiger partial charge in [-0.25, -0.2) is 9.99 Å². The predicted molar refractivity (Wildman–Crippen MR) is 97.7 cm³/mol. The summed E-state index contributed by atoms with van der Waals surface area (Å²) >= 11 is 1.30. The Labute approximate surface area is 154 Å². The van der Waals surface area contributed by atoms with E-state index >= 15 is 0 Å². The van der Waals surface area contributed by atoms with Crippen LogP contribution in [0.1, 0.15) is 29.3 Å². The summed E-state index contributed by atoms with van der Waals surface area (Å²) in [5.74, 6) is 0.848. The zero-order chi connectivity index (χ0) is 17.9. The highest BCUT2D eigenvalue weighted by Crippen LogP contribution is 2.33. The molecule has 3 heterocycles. The summed E-state index contributed by atoms with van der Waals surface area (Å²) in [4.78, 5) is 16.8. The fraction of sp³-hybridized carbons (Fsp3) is 0.222. The van der Waals surface area contributed by atoms with Crippen LogP contribution >= 0.6 is 11.8 Å². The molecule has 0 radical (unpaired) electrons. The van der Waals surface area contributed by atoms with E-state index in [0.717, 1.165) is 17.0 Å². The van der Waals surface area contributed by atoms with Crippen LogP contribution in [0.4, 0.5) is 0 Å². The SMILES string of the molecule is Cc1ccc(C2=NN(C(=O)CSc3ncn[nH]3)[C@@H](c3ccco3)C2)cc1. The van der Waals surface area contributed by atoms with E-state index in [1.807, 2.05) is 43.3 Å². The van der Waals surface area contributed by atoms with Crippen LogP contribution < -0.4 is 0 Å². The molecule has 2 aromatic heterocycles. The molecule has 0 bridgehead atoms. The van der Waals surface area contributed by atoms with E-state index in [4.69, 9.17) is 4.42 Å². The number of furan rings is 1. The quantitative estimate of drug-likeness (QED) is 0.700. The Bertz CT molecular complexity index is 904. The maximum absolute atomic E-state index is 12.8. The smallest absolute Gasteiger partial charge is 0.253 e. The number of nitrogens with one attached hydrogen (secondary N) is 1. The van der Waals surface area contributed by atoms with E-state index in [0.29, 0.717) is 11.6 Å². The second kappa shape index (κ2) is 7.17. The first-order valence-corrected chi connectivity index (χ1v) is 9.17. The van der Waals surface area contributed by atoms with Gasteiger partial charge in [0, 0.05) is 6.42 Å². The first kappa shape index (κ1) is 16.6. The normalized spacial score (nSPS) is 16.7. The molecule has 1 atom stereocenters. The summed E-state index contributed by atoms with van der Waals surface area (Å²) < 4.78 is 5.55. The topological polar surface area (TPSA) is 87.4 Å². The number of aryl methyl sites for hydroxylation is 1. The third kappa shape index (κ3) is 3.41. The molecule has 1 aliphatic rings. The number of hydrogen-bond acceptors (Lipinski definition) is 6. The van der Waals surface area contributed by atoms with Crippen molar-refractivity contribution in [1.82, 2.24) is 20.2 Å². The summed E-state index contributed by atoms with van der Waals surface area (Å²) in [7, 11) is 0. The number of amides is 1. The van der Waals surface area contributed by atoms with Gasteiger partial charge in [-0.3, -0.25) is 9.89 Å². The molecule has 132 valence electrons. The molecule has 0 fully saturated rings. The largest absolute Gasteiger partial charge is 0.467 e. The number of thioether (sulfide) groups is 1. The van der Waals surface area contributed by atoms with Crippen LogP contribution in [0.3, 0.4) is 0 Å². The fourth-order valence-corrected chi connectivity index (χ4v) is 3.45. The number of rotatable bonds is 5. The second-order valence-corrected chi connectivity index (χ2v) is 6.93. The highest BCUT2D eigenvalue weighted by atomic mass is 32.2. The summed E-state index contributed by atoms with van der Waals surface area (Å²) in [5.41, 5.74) is 3.08. The summed E-state index contributed by atoms with van der Waals surface area (Å²) in [6.07, 6.45) is 3.66. The van der Waals surface area contributed by atoms with Crippen LogP contribution in [0.5, 0.6) is 0 Å². The molecule has 1 aliphatic heterocycles. The molecule has 1 aromatic carbocycles. The summed E-state index contributed by atoms with van der Waals surface area (Å²) in [6, 6.07) is 11.6. The lowest BCUT2D eigenvalue weighted by Gasteiger charge is -2.19. The number of carbonyl (C=O) groups is 1. The van der Waals surface area contributed by atoms with Crippen molar-refractivity contribution >= 4 is 23.4 Å². The Morgan fingerprint density at radius 2 is 2.19 bits per heavy atom. The molecular weight excluding hydrogens is 350 g/mol. The lowest BCUT2D eigenvalue weighted by molar-refractivity contribution is -0.130. The number of hydrazone groups is 1. The molecule has 26 heavy (non-hydrogen) atoms. The number of aromatic nitrogens is 3. The maximum Gasteiger partial charge on any atom is 0.253 e. The van der Waals surface area contributed by atoms with Crippen LogP contribution in [-0.2, 0) is 4.79 Å². The average Bonchev–Trinajstić information content (AvgIpc) is 3.41. The van der Waals surface area contributed by atoms with Crippen molar-refractivity contribution in [2.75, 3.05) is 5.75 Å². The monoisotopic (exact) mass is 367 g/mol. The minimum atomic E-state index is -0.232. The van der Waals surface area contributed by atoms with E-state index in [9.17, 15) is 4.79 Å². The Hall–Kier alpha value is -2.87. The summed E-state index contributed by atoms with van der Waals surface area (Å²) in [5, 5.41) is 13.3. The highest BCUT2D eigenvalue weighted by Gasteiger charge is 2.34. The molecule has 0 unspecified atom stereocenters. The number of carbonyl (C=O) groups excluding carboxylic acids is 1. The standard InChI is InChI=1S/C18H17N5O2S/c1-12-4-6-13(7-5-12)14-9-15(16-3-2-8-25-16)23(22-14)17(24)10-26-18-19-11-20-21-18/h2-8,11,15H,9-10H2,1H3,(H,19,20,21)/t15-/m1/s1. The van der Waals surface area contributed by atoms with Crippen molar-refractivity contribution < 1.29 is 9.21 Å². The number of hydrogen-bond donors (Lipinski definition) is 1. The van der Waals surface area contributed by atoms with Crippen molar-refractivity contribution in [2.45, 2.75) is 24.5 Å². The van der Waals surface area contributed by atoms with Gasteiger partial charge in [0.25, 0.3) is 5.91 Å². The fourth-order valence-electron chi connectivity index (χ4n) is 2.82. The van der Waals surface area contributed by atoms with Gasteiger partial charge in [0.1, 0.15) is 18.1 Å². The lowest BCUT2D eigenvalue weighted by Crippen LogP contribution is -2.28. The molecule has 7 nitrogen and oxygen atoms in total. The van der Waals surface area contributed by atoms with Gasteiger partial charge in [0.2, 0.25) is 0 Å². The van der Waals surface area contributed by atoms with Crippen LogP contribution in [0.15, 0.2) is 63.7 Å². The zero-order valence-electron chi connectivity index (χ0n) is 14.1. The van der Waals surface area contributed by atoms with Gasteiger partial charge < -0.3 is 4.42 Å². The Balaban J connectivity index is 1.57. The molecule has 0 saturated carbocycles. The number of H-pyrrole nitrogens is 1.